The summed E-state index contributed by atoms with van der Waals surface area (Å²) in [5, 5.41) is 0.188. The molecule has 0 aliphatic carbocycles. The van der Waals surface area contributed by atoms with Gasteiger partial charge in [0.2, 0.25) is 4.80 Å². The summed E-state index contributed by atoms with van der Waals surface area (Å²) in [6, 6.07) is 2.61. The Morgan fingerprint density at radius 2 is 2.12 bits per heavy atom. The van der Waals surface area contributed by atoms with Gasteiger partial charge < -0.3 is 4.74 Å². The third-order valence-electron chi connectivity index (χ3n) is 3.42. The minimum Gasteiger partial charge on any atom is -0.468 e. The molecule has 0 spiro atoms. The Hall–Kier alpha value is -1.84. The second-order valence-electron chi connectivity index (χ2n) is 5.00. The molecule has 132 valence electrons. The largest absolute Gasteiger partial charge is 0.468 e. The van der Waals surface area contributed by atoms with Crippen LogP contribution in [-0.2, 0) is 22.6 Å². The highest BCUT2D eigenvalue weighted by Gasteiger charge is 2.13. The number of allylic oxidation sites excluding steroid dienone is 2. The molecule has 0 fully saturated rings. The van der Waals surface area contributed by atoms with Gasteiger partial charge in [0.25, 0.3) is 0 Å². The number of halogens is 2. The number of esters is 1. The molecule has 25 heavy (non-hydrogen) atoms. The number of benzene rings is 1. The maximum atomic E-state index is 14.2. The maximum Gasteiger partial charge on any atom is 0.325 e. The molecule has 0 saturated heterocycles. The normalized spacial score (nSPS) is 13.8. The number of carbonyl (C=O) groups excluding carboxylic acids is 1. The second kappa shape index (κ2) is 7.59. The number of thioether (sulfide) groups is 1. The number of ether oxygens (including phenoxy) is 1. The maximum absolute atomic E-state index is 14.2. The smallest absolute Gasteiger partial charge is 0.325 e. The van der Waals surface area contributed by atoms with Gasteiger partial charge in [-0.15, -0.1) is 11.8 Å². The fourth-order valence-corrected chi connectivity index (χ4v) is 4.13. The average Bonchev–Trinajstić information content (AvgIpc) is 2.92. The molecule has 0 radical (unpaired) electrons. The van der Waals surface area contributed by atoms with Crippen LogP contribution in [0.25, 0.3) is 0 Å². The summed E-state index contributed by atoms with van der Waals surface area (Å²) in [6.07, 6.45) is 3.81. The summed E-state index contributed by atoms with van der Waals surface area (Å²) in [7, 11) is 1.29. The zero-order valence-electron chi connectivity index (χ0n) is 13.1. The fourth-order valence-electron chi connectivity index (χ4n) is 2.18. The second-order valence-corrected chi connectivity index (χ2v) is 7.34. The van der Waals surface area contributed by atoms with Gasteiger partial charge >= 0.3 is 10.8 Å². The van der Waals surface area contributed by atoms with E-state index in [4.69, 9.17) is 11.6 Å². The van der Waals surface area contributed by atoms with Crippen molar-refractivity contribution in [3.05, 3.63) is 49.6 Å². The molecule has 0 bridgehead atoms. The topological polar surface area (TPSA) is 65.6 Å². The zero-order chi connectivity index (χ0) is 18.0. The van der Waals surface area contributed by atoms with E-state index in [-0.39, 0.29) is 21.3 Å². The Labute approximate surface area is 155 Å². The lowest BCUT2D eigenvalue weighted by Gasteiger charge is -2.11. The Morgan fingerprint density at radius 3 is 2.84 bits per heavy atom. The van der Waals surface area contributed by atoms with Gasteiger partial charge in [0.05, 0.1) is 31.0 Å². The number of aromatic nitrogens is 2. The molecule has 1 aromatic heterocycles. The molecular weight excluding hydrogens is 389 g/mol. The van der Waals surface area contributed by atoms with Crippen LogP contribution >= 0.6 is 34.7 Å². The predicted octanol–water partition coefficient (Wildman–Crippen LogP) is 2.57. The van der Waals surface area contributed by atoms with Gasteiger partial charge in [0.1, 0.15) is 11.5 Å². The van der Waals surface area contributed by atoms with Crippen LogP contribution in [0.1, 0.15) is 0 Å². The molecule has 3 rings (SSSR count). The highest BCUT2D eigenvalue weighted by Crippen LogP contribution is 2.33. The van der Waals surface area contributed by atoms with Crippen molar-refractivity contribution in [2.45, 2.75) is 18.0 Å². The van der Waals surface area contributed by atoms with E-state index in [0.717, 1.165) is 29.2 Å². The van der Waals surface area contributed by atoms with E-state index < -0.39 is 11.8 Å². The number of fused-ring (bicyclic) bond motifs is 1. The first-order valence-electron chi connectivity index (χ1n) is 7.18. The summed E-state index contributed by atoms with van der Waals surface area (Å²) in [6.45, 7) is 0.963. The summed E-state index contributed by atoms with van der Waals surface area (Å²) in [4.78, 5) is 28.3. The average molecular weight is 402 g/mol. The van der Waals surface area contributed by atoms with Crippen molar-refractivity contribution >= 4 is 46.4 Å². The standard InChI is InChI=1S/C15H13ClFN3O3S2/c1-23-13(21)8-24-12-7-11(10(17)6-9(12)16)18-14-19-4-2-3-5-20(19)15(22)25-14/h2-3,6-7H,4-5,8H2,1H3. The minimum atomic E-state index is -0.598. The first-order valence-corrected chi connectivity index (χ1v) is 9.36. The Morgan fingerprint density at radius 1 is 1.40 bits per heavy atom. The van der Waals surface area contributed by atoms with Gasteiger partial charge in [0.15, 0.2) is 0 Å². The van der Waals surface area contributed by atoms with Crippen LogP contribution in [0, 0.1) is 5.82 Å². The number of hydrogen-bond donors (Lipinski definition) is 0. The van der Waals surface area contributed by atoms with Crippen LogP contribution in [0.2, 0.25) is 5.02 Å². The molecule has 0 atom stereocenters. The van der Waals surface area contributed by atoms with Crippen LogP contribution in [0.15, 0.2) is 39.0 Å². The van der Waals surface area contributed by atoms with Gasteiger partial charge in [-0.05, 0) is 23.5 Å². The number of hydrogen-bond acceptors (Lipinski definition) is 6. The summed E-state index contributed by atoms with van der Waals surface area (Å²) in [5.74, 6) is -0.958. The molecule has 0 amide bonds. The van der Waals surface area contributed by atoms with Gasteiger partial charge in [-0.2, -0.15) is 0 Å². The minimum absolute atomic E-state index is 0.0514. The predicted molar refractivity (Wildman–Crippen MR) is 95.1 cm³/mol. The lowest BCUT2D eigenvalue weighted by molar-refractivity contribution is -0.137. The van der Waals surface area contributed by atoms with E-state index in [0.29, 0.717) is 22.8 Å². The van der Waals surface area contributed by atoms with Gasteiger partial charge in [0, 0.05) is 4.90 Å². The molecule has 0 N–H and O–H groups in total. The van der Waals surface area contributed by atoms with Crippen LogP contribution in [0.4, 0.5) is 10.1 Å². The van der Waals surface area contributed by atoms with Crippen LogP contribution < -0.4 is 9.67 Å². The van der Waals surface area contributed by atoms with Crippen molar-refractivity contribution in [3.8, 4) is 0 Å². The number of rotatable bonds is 4. The fraction of sp³-hybridized carbons (Fsp3) is 0.267. The summed E-state index contributed by atoms with van der Waals surface area (Å²) in [5.41, 5.74) is 0.0588. The van der Waals surface area contributed by atoms with E-state index in [1.165, 1.54) is 13.2 Å². The number of carbonyl (C=O) groups is 1. The lowest BCUT2D eigenvalue weighted by Crippen LogP contribution is -2.28. The van der Waals surface area contributed by atoms with Crippen molar-refractivity contribution in [3.63, 3.8) is 0 Å². The Bertz CT molecular complexity index is 977. The summed E-state index contributed by atoms with van der Waals surface area (Å²) < 4.78 is 22.1. The van der Waals surface area contributed by atoms with Crippen molar-refractivity contribution in [1.82, 2.24) is 9.36 Å². The van der Waals surface area contributed by atoms with E-state index >= 15 is 0 Å². The molecule has 10 heteroatoms. The molecular formula is C15H13ClFN3O3S2. The third kappa shape index (κ3) is 3.88. The van der Waals surface area contributed by atoms with Crippen molar-refractivity contribution in [1.29, 1.82) is 0 Å². The van der Waals surface area contributed by atoms with Gasteiger partial charge in [-0.3, -0.25) is 14.3 Å². The van der Waals surface area contributed by atoms with Crippen LogP contribution in [-0.4, -0.2) is 28.2 Å². The SMILES string of the molecule is COC(=O)CSc1cc(N=c2sc(=O)n3n2CC=CC3)c(F)cc1Cl. The molecule has 6 nitrogen and oxygen atoms in total. The zero-order valence-corrected chi connectivity index (χ0v) is 15.5. The third-order valence-corrected chi connectivity index (χ3v) is 5.74. The Kier molecular flexibility index (Phi) is 5.45. The number of methoxy groups -OCH3 is 1. The van der Waals surface area contributed by atoms with E-state index in [2.05, 4.69) is 9.73 Å². The lowest BCUT2D eigenvalue weighted by atomic mass is 10.3. The molecule has 1 aliphatic heterocycles. The summed E-state index contributed by atoms with van der Waals surface area (Å²) >= 11 is 8.11. The van der Waals surface area contributed by atoms with E-state index in [1.807, 2.05) is 12.2 Å². The quantitative estimate of drug-likeness (QED) is 0.448. The molecule has 1 aromatic carbocycles. The molecule has 2 heterocycles. The van der Waals surface area contributed by atoms with Crippen molar-refractivity contribution < 1.29 is 13.9 Å². The van der Waals surface area contributed by atoms with E-state index in [9.17, 15) is 14.0 Å². The van der Waals surface area contributed by atoms with Gasteiger partial charge in [-0.25, -0.2) is 14.1 Å². The number of nitrogens with zero attached hydrogens (tertiary/aromatic N) is 3. The molecule has 0 unspecified atom stereocenters. The Balaban J connectivity index is 2.01. The highest BCUT2D eigenvalue weighted by atomic mass is 35.5. The first-order chi connectivity index (χ1) is 12.0. The van der Waals surface area contributed by atoms with Crippen molar-refractivity contribution in [2.75, 3.05) is 12.9 Å². The molecule has 0 saturated carbocycles. The molecule has 1 aliphatic rings. The van der Waals surface area contributed by atoms with Crippen molar-refractivity contribution in [2.24, 2.45) is 4.99 Å². The molecule has 2 aromatic rings. The van der Waals surface area contributed by atoms with Gasteiger partial charge in [-0.1, -0.05) is 23.8 Å². The highest BCUT2D eigenvalue weighted by molar-refractivity contribution is 8.00. The van der Waals surface area contributed by atoms with Crippen LogP contribution in [0.3, 0.4) is 0 Å². The first kappa shape index (κ1) is 18.0. The van der Waals surface area contributed by atoms with E-state index in [1.54, 1.807) is 9.36 Å². The van der Waals surface area contributed by atoms with Crippen LogP contribution in [0.5, 0.6) is 0 Å². The monoisotopic (exact) mass is 401 g/mol.